The van der Waals surface area contributed by atoms with Gasteiger partial charge in [0.1, 0.15) is 5.76 Å². The summed E-state index contributed by atoms with van der Waals surface area (Å²) in [4.78, 5) is 27.1. The predicted octanol–water partition coefficient (Wildman–Crippen LogP) is 4.06. The number of aliphatic hydroxyl groups is 1. The number of carbonyl (C=O) groups excluding carboxylic acids is 2. The highest BCUT2D eigenvalue weighted by Gasteiger charge is 2.45. The van der Waals surface area contributed by atoms with Crippen molar-refractivity contribution in [2.24, 2.45) is 0 Å². The van der Waals surface area contributed by atoms with Gasteiger partial charge in [0.05, 0.1) is 11.6 Å². The summed E-state index contributed by atoms with van der Waals surface area (Å²) in [6.07, 6.45) is 0.606. The summed E-state index contributed by atoms with van der Waals surface area (Å²) < 4.78 is 6.14. The number of rotatable bonds is 6. The molecule has 0 unspecified atom stereocenters. The molecule has 1 N–H and O–H groups in total. The van der Waals surface area contributed by atoms with Crippen LogP contribution in [-0.2, 0) is 14.3 Å². The van der Waals surface area contributed by atoms with Gasteiger partial charge in [-0.2, -0.15) is 0 Å². The Bertz CT molecular complexity index is 903. The Balaban J connectivity index is 2.10. The van der Waals surface area contributed by atoms with Gasteiger partial charge in [0, 0.05) is 29.4 Å². The standard InChI is InChI=1S/C22H22INO4/c1-14-4-6-16(7-5-14)20(25)18-19(15-8-10-17(23)11-9-15)24(12-3-13-28-2)22(27)21(18)26/h4-11,19,25H,3,12-13H2,1-2H3/b20-18+/t19-/m1/s1. The third-order valence-corrected chi connectivity index (χ3v) is 5.52. The van der Waals surface area contributed by atoms with Crippen molar-refractivity contribution >= 4 is 40.0 Å². The molecule has 1 amide bonds. The van der Waals surface area contributed by atoms with Gasteiger partial charge in [-0.25, -0.2) is 0 Å². The van der Waals surface area contributed by atoms with E-state index in [4.69, 9.17) is 4.74 Å². The van der Waals surface area contributed by atoms with Crippen molar-refractivity contribution in [3.8, 4) is 0 Å². The molecule has 0 radical (unpaired) electrons. The second-order valence-corrected chi connectivity index (χ2v) is 8.00. The topological polar surface area (TPSA) is 66.8 Å². The molecule has 1 fully saturated rings. The summed E-state index contributed by atoms with van der Waals surface area (Å²) >= 11 is 2.21. The van der Waals surface area contributed by atoms with Crippen LogP contribution in [-0.4, -0.2) is 42.0 Å². The van der Waals surface area contributed by atoms with Crippen molar-refractivity contribution < 1.29 is 19.4 Å². The SMILES string of the molecule is COCCCN1C(=O)C(=O)/C(=C(/O)c2ccc(C)cc2)[C@H]1c1ccc(I)cc1. The van der Waals surface area contributed by atoms with Gasteiger partial charge in [-0.1, -0.05) is 42.0 Å². The number of halogens is 1. The monoisotopic (exact) mass is 491 g/mol. The van der Waals surface area contributed by atoms with Gasteiger partial charge in [0.15, 0.2) is 0 Å². The van der Waals surface area contributed by atoms with Crippen molar-refractivity contribution in [3.05, 3.63) is 74.4 Å². The van der Waals surface area contributed by atoms with E-state index in [1.54, 1.807) is 19.2 Å². The maximum Gasteiger partial charge on any atom is 0.295 e. The first-order chi connectivity index (χ1) is 13.4. The van der Waals surface area contributed by atoms with E-state index in [0.29, 0.717) is 25.1 Å². The molecule has 1 atom stereocenters. The Morgan fingerprint density at radius 3 is 2.36 bits per heavy atom. The van der Waals surface area contributed by atoms with Crippen LogP contribution < -0.4 is 0 Å². The smallest absolute Gasteiger partial charge is 0.295 e. The molecular weight excluding hydrogens is 469 g/mol. The minimum atomic E-state index is -0.654. The molecule has 1 aliphatic rings. The van der Waals surface area contributed by atoms with E-state index in [9.17, 15) is 14.7 Å². The number of benzene rings is 2. The summed E-state index contributed by atoms with van der Waals surface area (Å²) in [5.74, 6) is -1.39. The Hall–Kier alpha value is -2.19. The van der Waals surface area contributed by atoms with Crippen LogP contribution in [0.3, 0.4) is 0 Å². The zero-order valence-electron chi connectivity index (χ0n) is 15.8. The van der Waals surface area contributed by atoms with Crippen LogP contribution in [0.1, 0.15) is 29.2 Å². The number of nitrogens with zero attached hydrogens (tertiary/aromatic N) is 1. The molecule has 0 bridgehead atoms. The second kappa shape index (κ2) is 8.87. The summed E-state index contributed by atoms with van der Waals surface area (Å²) in [7, 11) is 1.60. The van der Waals surface area contributed by atoms with Crippen LogP contribution in [0.15, 0.2) is 54.1 Å². The van der Waals surface area contributed by atoms with Crippen molar-refractivity contribution in [1.29, 1.82) is 0 Å². The third kappa shape index (κ3) is 4.12. The van der Waals surface area contributed by atoms with Gasteiger partial charge in [-0.15, -0.1) is 0 Å². The molecule has 0 spiro atoms. The van der Waals surface area contributed by atoms with Crippen molar-refractivity contribution in [3.63, 3.8) is 0 Å². The number of hydrogen-bond donors (Lipinski definition) is 1. The summed E-state index contributed by atoms with van der Waals surface area (Å²) in [6, 6.07) is 14.3. The minimum Gasteiger partial charge on any atom is -0.507 e. The minimum absolute atomic E-state index is 0.132. The van der Waals surface area contributed by atoms with E-state index < -0.39 is 17.7 Å². The highest BCUT2D eigenvalue weighted by atomic mass is 127. The quantitative estimate of drug-likeness (QED) is 0.218. The number of carbonyl (C=O) groups is 2. The van der Waals surface area contributed by atoms with E-state index in [2.05, 4.69) is 22.6 Å². The van der Waals surface area contributed by atoms with Crippen LogP contribution in [0.25, 0.3) is 5.76 Å². The first-order valence-corrected chi connectivity index (χ1v) is 10.1. The highest BCUT2D eigenvalue weighted by molar-refractivity contribution is 14.1. The summed E-state index contributed by atoms with van der Waals surface area (Å²) in [5, 5.41) is 10.9. The molecule has 1 saturated heterocycles. The largest absolute Gasteiger partial charge is 0.507 e. The van der Waals surface area contributed by atoms with Crippen molar-refractivity contribution in [1.82, 2.24) is 4.90 Å². The van der Waals surface area contributed by atoms with Gasteiger partial charge in [-0.05, 0) is 53.6 Å². The molecule has 6 heteroatoms. The Kier molecular flexibility index (Phi) is 6.51. The number of aliphatic hydroxyl groups excluding tert-OH is 1. The van der Waals surface area contributed by atoms with E-state index in [0.717, 1.165) is 14.7 Å². The zero-order valence-corrected chi connectivity index (χ0v) is 18.0. The van der Waals surface area contributed by atoms with E-state index in [1.165, 1.54) is 4.90 Å². The predicted molar refractivity (Wildman–Crippen MR) is 116 cm³/mol. The molecule has 146 valence electrons. The second-order valence-electron chi connectivity index (χ2n) is 6.76. The highest BCUT2D eigenvalue weighted by Crippen LogP contribution is 2.39. The van der Waals surface area contributed by atoms with Crippen molar-refractivity contribution in [2.75, 3.05) is 20.3 Å². The maximum absolute atomic E-state index is 12.8. The lowest BCUT2D eigenvalue weighted by molar-refractivity contribution is -0.140. The Morgan fingerprint density at radius 2 is 1.75 bits per heavy atom. The fraction of sp³-hybridized carbons (Fsp3) is 0.273. The average molecular weight is 491 g/mol. The molecule has 0 saturated carbocycles. The molecular formula is C22H22INO4. The van der Waals surface area contributed by atoms with Crippen LogP contribution >= 0.6 is 22.6 Å². The van der Waals surface area contributed by atoms with Crippen LogP contribution in [0, 0.1) is 10.5 Å². The fourth-order valence-corrected chi connectivity index (χ4v) is 3.71. The molecule has 2 aromatic rings. The molecule has 3 rings (SSSR count). The molecule has 5 nitrogen and oxygen atoms in total. The molecule has 2 aromatic carbocycles. The van der Waals surface area contributed by atoms with Gasteiger partial charge in [0.2, 0.25) is 0 Å². The van der Waals surface area contributed by atoms with E-state index in [-0.39, 0.29) is 11.3 Å². The lowest BCUT2D eigenvalue weighted by Gasteiger charge is -2.25. The number of hydrogen-bond acceptors (Lipinski definition) is 4. The normalized spacial score (nSPS) is 18.7. The number of methoxy groups -OCH3 is 1. The number of aryl methyl sites for hydroxylation is 1. The fourth-order valence-electron chi connectivity index (χ4n) is 3.35. The molecule has 1 heterocycles. The summed E-state index contributed by atoms with van der Waals surface area (Å²) in [6.45, 7) is 2.81. The molecule has 1 aliphatic heterocycles. The molecule has 0 aromatic heterocycles. The lowest BCUT2D eigenvalue weighted by atomic mass is 9.95. The maximum atomic E-state index is 12.8. The molecule has 28 heavy (non-hydrogen) atoms. The number of ketones is 1. The average Bonchev–Trinajstić information content (AvgIpc) is 2.94. The van der Waals surface area contributed by atoms with Crippen molar-refractivity contribution in [2.45, 2.75) is 19.4 Å². The van der Waals surface area contributed by atoms with Crippen LogP contribution in [0.2, 0.25) is 0 Å². The van der Waals surface area contributed by atoms with Gasteiger partial charge >= 0.3 is 0 Å². The lowest BCUT2D eigenvalue weighted by Crippen LogP contribution is -2.31. The number of Topliss-reactive ketones (excluding diaryl/α,β-unsaturated/α-hetero) is 1. The Labute approximate surface area is 178 Å². The van der Waals surface area contributed by atoms with Crippen LogP contribution in [0.4, 0.5) is 0 Å². The first kappa shape index (κ1) is 20.5. The van der Waals surface area contributed by atoms with Gasteiger partial charge < -0.3 is 14.7 Å². The van der Waals surface area contributed by atoms with Crippen LogP contribution in [0.5, 0.6) is 0 Å². The zero-order chi connectivity index (χ0) is 20.3. The van der Waals surface area contributed by atoms with E-state index >= 15 is 0 Å². The third-order valence-electron chi connectivity index (χ3n) is 4.80. The Morgan fingerprint density at radius 1 is 1.11 bits per heavy atom. The molecule has 0 aliphatic carbocycles. The van der Waals surface area contributed by atoms with Gasteiger partial charge in [0.25, 0.3) is 11.7 Å². The van der Waals surface area contributed by atoms with Gasteiger partial charge in [-0.3, -0.25) is 9.59 Å². The first-order valence-electron chi connectivity index (χ1n) is 9.04. The number of likely N-dealkylation sites (tertiary alicyclic amines) is 1. The number of ether oxygens (including phenoxy) is 1. The summed E-state index contributed by atoms with van der Waals surface area (Å²) in [5.41, 5.74) is 2.50. The number of amides is 1. The van der Waals surface area contributed by atoms with E-state index in [1.807, 2.05) is 43.3 Å².